The summed E-state index contributed by atoms with van der Waals surface area (Å²) in [5.74, 6) is 0.298. The van der Waals surface area contributed by atoms with Crippen LogP contribution in [-0.4, -0.2) is 21.7 Å². The van der Waals surface area contributed by atoms with Gasteiger partial charge in [0.2, 0.25) is 0 Å². The van der Waals surface area contributed by atoms with Crippen LogP contribution >= 0.6 is 0 Å². The number of rotatable bonds is 6. The van der Waals surface area contributed by atoms with Crippen LogP contribution in [0.5, 0.6) is 0 Å². The predicted molar refractivity (Wildman–Crippen MR) is 68.1 cm³/mol. The Bertz CT molecular complexity index is 517. The molecule has 0 aliphatic rings. The van der Waals surface area contributed by atoms with E-state index in [0.29, 0.717) is 24.3 Å². The fourth-order valence-electron chi connectivity index (χ4n) is 1.82. The zero-order chi connectivity index (χ0) is 13.7. The molecule has 2 N–H and O–H groups in total. The number of aryl methyl sites for hydroxylation is 1. The Morgan fingerprint density at radius 3 is 2.95 bits per heavy atom. The molecule has 0 fully saturated rings. The third-order valence-corrected chi connectivity index (χ3v) is 2.81. The number of nitrogens with zero attached hydrogens (tertiary/aromatic N) is 2. The second kappa shape index (κ2) is 6.29. The third kappa shape index (κ3) is 3.08. The van der Waals surface area contributed by atoms with Crippen LogP contribution in [0.3, 0.4) is 0 Å². The maximum absolute atomic E-state index is 14.0. The van der Waals surface area contributed by atoms with Gasteiger partial charge in [0.1, 0.15) is 12.1 Å². The number of hydrogen-bond acceptors (Lipinski definition) is 5. The van der Waals surface area contributed by atoms with Gasteiger partial charge in [-0.05, 0) is 25.0 Å². The normalized spacial score (nSPS) is 12.4. The quantitative estimate of drug-likeness (QED) is 0.838. The van der Waals surface area contributed by atoms with E-state index >= 15 is 0 Å². The molecule has 19 heavy (non-hydrogen) atoms. The summed E-state index contributed by atoms with van der Waals surface area (Å²) in [5.41, 5.74) is 0.361. The molecule has 0 saturated heterocycles. The molecule has 6 heteroatoms. The maximum atomic E-state index is 14.0. The SMILES string of the molecule is CCc1ncnc(NC(CCO)c2ccco2)c1F. The highest BCUT2D eigenvalue weighted by Gasteiger charge is 2.18. The van der Waals surface area contributed by atoms with Crippen molar-refractivity contribution in [3.63, 3.8) is 0 Å². The summed E-state index contributed by atoms with van der Waals surface area (Å²) < 4.78 is 19.3. The minimum atomic E-state index is -0.459. The highest BCUT2D eigenvalue weighted by atomic mass is 19.1. The van der Waals surface area contributed by atoms with Crippen molar-refractivity contribution in [3.8, 4) is 0 Å². The van der Waals surface area contributed by atoms with E-state index in [9.17, 15) is 4.39 Å². The average Bonchev–Trinajstić information content (AvgIpc) is 2.94. The lowest BCUT2D eigenvalue weighted by Crippen LogP contribution is -2.15. The summed E-state index contributed by atoms with van der Waals surface area (Å²) in [6.45, 7) is 1.79. The summed E-state index contributed by atoms with van der Waals surface area (Å²) in [6, 6.07) is 3.19. The van der Waals surface area contributed by atoms with E-state index in [0.717, 1.165) is 0 Å². The molecule has 102 valence electrons. The first-order chi connectivity index (χ1) is 9.26. The molecule has 2 heterocycles. The van der Waals surface area contributed by atoms with Crippen molar-refractivity contribution < 1.29 is 13.9 Å². The lowest BCUT2D eigenvalue weighted by Gasteiger charge is -2.16. The number of furan rings is 1. The van der Waals surface area contributed by atoms with E-state index in [4.69, 9.17) is 9.52 Å². The van der Waals surface area contributed by atoms with Crippen LogP contribution in [0.15, 0.2) is 29.1 Å². The van der Waals surface area contributed by atoms with Gasteiger partial charge in [-0.15, -0.1) is 0 Å². The Morgan fingerprint density at radius 1 is 1.47 bits per heavy atom. The van der Waals surface area contributed by atoms with Crippen LogP contribution in [0.25, 0.3) is 0 Å². The van der Waals surface area contributed by atoms with E-state index in [2.05, 4.69) is 15.3 Å². The lowest BCUT2D eigenvalue weighted by molar-refractivity contribution is 0.273. The predicted octanol–water partition coefficient (Wildman–Crippen LogP) is 2.31. The Kier molecular flexibility index (Phi) is 4.46. The molecule has 0 amide bonds. The van der Waals surface area contributed by atoms with Crippen LogP contribution in [-0.2, 0) is 6.42 Å². The first-order valence-electron chi connectivity index (χ1n) is 6.16. The van der Waals surface area contributed by atoms with Crippen molar-refractivity contribution in [2.75, 3.05) is 11.9 Å². The fourth-order valence-corrected chi connectivity index (χ4v) is 1.82. The zero-order valence-corrected chi connectivity index (χ0v) is 10.6. The molecule has 1 unspecified atom stereocenters. The van der Waals surface area contributed by atoms with E-state index in [1.165, 1.54) is 12.6 Å². The third-order valence-electron chi connectivity index (χ3n) is 2.81. The minimum absolute atomic E-state index is 0.0360. The fraction of sp³-hybridized carbons (Fsp3) is 0.385. The Morgan fingerprint density at radius 2 is 2.32 bits per heavy atom. The number of aliphatic hydroxyl groups excluding tert-OH is 1. The molecule has 0 spiro atoms. The second-order valence-electron chi connectivity index (χ2n) is 4.06. The van der Waals surface area contributed by atoms with Gasteiger partial charge in [0.25, 0.3) is 0 Å². The van der Waals surface area contributed by atoms with Gasteiger partial charge in [-0.3, -0.25) is 0 Å². The van der Waals surface area contributed by atoms with Crippen LogP contribution in [0.1, 0.15) is 30.8 Å². The average molecular weight is 265 g/mol. The van der Waals surface area contributed by atoms with Gasteiger partial charge in [-0.25, -0.2) is 14.4 Å². The van der Waals surface area contributed by atoms with Gasteiger partial charge in [0.05, 0.1) is 18.0 Å². The van der Waals surface area contributed by atoms with Gasteiger partial charge >= 0.3 is 0 Å². The first-order valence-corrected chi connectivity index (χ1v) is 6.16. The number of halogens is 1. The van der Waals surface area contributed by atoms with Crippen molar-refractivity contribution in [2.24, 2.45) is 0 Å². The summed E-state index contributed by atoms with van der Waals surface area (Å²) in [5, 5.41) is 12.0. The van der Waals surface area contributed by atoms with Gasteiger partial charge in [-0.2, -0.15) is 0 Å². The molecule has 2 aromatic rings. The number of hydrogen-bond donors (Lipinski definition) is 2. The highest BCUT2D eigenvalue weighted by Crippen LogP contribution is 2.24. The summed E-state index contributed by atoms with van der Waals surface area (Å²) in [4.78, 5) is 7.77. The van der Waals surface area contributed by atoms with Crippen LogP contribution in [0.2, 0.25) is 0 Å². The van der Waals surface area contributed by atoms with Crippen molar-refractivity contribution in [3.05, 3.63) is 42.0 Å². The smallest absolute Gasteiger partial charge is 0.186 e. The van der Waals surface area contributed by atoms with Crippen molar-refractivity contribution in [1.29, 1.82) is 0 Å². The molecule has 1 atom stereocenters. The second-order valence-corrected chi connectivity index (χ2v) is 4.06. The molecule has 2 aromatic heterocycles. The van der Waals surface area contributed by atoms with Crippen molar-refractivity contribution in [2.45, 2.75) is 25.8 Å². The van der Waals surface area contributed by atoms with Crippen LogP contribution < -0.4 is 5.32 Å². The number of nitrogens with one attached hydrogen (secondary N) is 1. The van der Waals surface area contributed by atoms with Crippen molar-refractivity contribution in [1.82, 2.24) is 9.97 Å². The molecule has 0 bridgehead atoms. The number of anilines is 1. The van der Waals surface area contributed by atoms with Gasteiger partial charge < -0.3 is 14.8 Å². The van der Waals surface area contributed by atoms with Gasteiger partial charge in [0.15, 0.2) is 11.6 Å². The number of aromatic nitrogens is 2. The zero-order valence-electron chi connectivity index (χ0n) is 10.6. The molecule has 0 aromatic carbocycles. The van der Waals surface area contributed by atoms with Gasteiger partial charge in [0, 0.05) is 6.61 Å². The van der Waals surface area contributed by atoms with E-state index in [1.54, 1.807) is 12.1 Å². The molecule has 2 rings (SSSR count). The Hall–Kier alpha value is -1.95. The molecular weight excluding hydrogens is 249 g/mol. The molecule has 0 aliphatic carbocycles. The van der Waals surface area contributed by atoms with Crippen molar-refractivity contribution >= 4 is 5.82 Å². The van der Waals surface area contributed by atoms with E-state index in [-0.39, 0.29) is 18.5 Å². The molecular formula is C13H16FN3O2. The summed E-state index contributed by atoms with van der Waals surface area (Å²) >= 11 is 0. The van der Waals surface area contributed by atoms with Crippen LogP contribution in [0.4, 0.5) is 10.2 Å². The van der Waals surface area contributed by atoms with Gasteiger partial charge in [-0.1, -0.05) is 6.92 Å². The van der Waals surface area contributed by atoms with Crippen LogP contribution in [0, 0.1) is 5.82 Å². The molecule has 0 aliphatic heterocycles. The Labute approximate surface area is 110 Å². The topological polar surface area (TPSA) is 71.2 Å². The molecule has 0 saturated carbocycles. The highest BCUT2D eigenvalue weighted by molar-refractivity contribution is 5.39. The Balaban J connectivity index is 2.22. The molecule has 5 nitrogen and oxygen atoms in total. The summed E-state index contributed by atoms with van der Waals surface area (Å²) in [7, 11) is 0. The summed E-state index contributed by atoms with van der Waals surface area (Å²) in [6.07, 6.45) is 3.75. The van der Waals surface area contributed by atoms with E-state index in [1.807, 2.05) is 6.92 Å². The lowest BCUT2D eigenvalue weighted by atomic mass is 10.1. The largest absolute Gasteiger partial charge is 0.467 e. The standard InChI is InChI=1S/C13H16FN3O2/c1-2-9-12(14)13(16-8-15-9)17-10(5-6-18)11-4-3-7-19-11/h3-4,7-8,10,18H,2,5-6H2,1H3,(H,15,16,17). The maximum Gasteiger partial charge on any atom is 0.186 e. The first kappa shape index (κ1) is 13.5. The van der Waals surface area contributed by atoms with E-state index < -0.39 is 5.82 Å². The number of aliphatic hydroxyl groups is 1. The monoisotopic (exact) mass is 265 g/mol. The minimum Gasteiger partial charge on any atom is -0.467 e. The molecule has 0 radical (unpaired) electrons.